The molecule has 8 heteroatoms. The predicted octanol–water partition coefficient (Wildman–Crippen LogP) is -0.702. The normalized spacial score (nSPS) is 29.4. The molecule has 110 valence electrons. The van der Waals surface area contributed by atoms with Crippen LogP contribution in [0.25, 0.3) is 0 Å². The first kappa shape index (κ1) is 14.3. The molecule has 1 aliphatic carbocycles. The molecule has 2 fully saturated rings. The zero-order chi connectivity index (χ0) is 14.9. The second-order valence-corrected chi connectivity index (χ2v) is 5.37. The zero-order valence-corrected chi connectivity index (χ0v) is 11.1. The summed E-state index contributed by atoms with van der Waals surface area (Å²) in [7, 11) is 0. The van der Waals surface area contributed by atoms with Crippen LogP contribution in [0.4, 0.5) is 4.79 Å². The van der Waals surface area contributed by atoms with Gasteiger partial charge in [0.15, 0.2) is 0 Å². The molecule has 0 aromatic rings. The molecule has 2 atom stereocenters. The molecule has 1 saturated heterocycles. The van der Waals surface area contributed by atoms with Crippen LogP contribution in [0.3, 0.4) is 0 Å². The molecular weight excluding hydrogens is 266 g/mol. The van der Waals surface area contributed by atoms with Crippen LogP contribution in [-0.2, 0) is 14.4 Å². The van der Waals surface area contributed by atoms with Crippen LogP contribution in [0.15, 0.2) is 0 Å². The average molecular weight is 283 g/mol. The van der Waals surface area contributed by atoms with Crippen molar-refractivity contribution >= 4 is 23.8 Å². The van der Waals surface area contributed by atoms with Crippen molar-refractivity contribution < 1.29 is 24.3 Å². The second kappa shape index (κ2) is 5.10. The lowest BCUT2D eigenvalue weighted by atomic mass is 9.85. The number of carboxylic acids is 1. The van der Waals surface area contributed by atoms with Gasteiger partial charge in [-0.1, -0.05) is 6.42 Å². The van der Waals surface area contributed by atoms with Crippen molar-refractivity contribution in [3.63, 3.8) is 0 Å². The molecule has 20 heavy (non-hydrogen) atoms. The molecule has 0 spiro atoms. The summed E-state index contributed by atoms with van der Waals surface area (Å²) in [5.41, 5.74) is -0.993. The Morgan fingerprint density at radius 3 is 2.75 bits per heavy atom. The van der Waals surface area contributed by atoms with Gasteiger partial charge >= 0.3 is 12.0 Å². The van der Waals surface area contributed by atoms with E-state index in [1.54, 1.807) is 6.92 Å². The molecule has 8 nitrogen and oxygen atoms in total. The minimum Gasteiger partial charge on any atom is -0.481 e. The van der Waals surface area contributed by atoms with Crippen molar-refractivity contribution in [1.29, 1.82) is 0 Å². The van der Waals surface area contributed by atoms with Gasteiger partial charge in [-0.2, -0.15) is 0 Å². The SMILES string of the molecule is CC1(C(=O)O)CCCC1NC(=O)CN1C(=O)CNC1=O. The van der Waals surface area contributed by atoms with E-state index in [1.807, 2.05) is 0 Å². The third-order valence-electron chi connectivity index (χ3n) is 4.02. The van der Waals surface area contributed by atoms with E-state index in [2.05, 4.69) is 10.6 Å². The lowest BCUT2D eigenvalue weighted by molar-refractivity contribution is -0.149. The molecule has 2 rings (SSSR count). The molecule has 0 radical (unpaired) electrons. The molecule has 3 N–H and O–H groups in total. The van der Waals surface area contributed by atoms with Crippen LogP contribution in [0, 0.1) is 5.41 Å². The van der Waals surface area contributed by atoms with E-state index in [-0.39, 0.29) is 13.1 Å². The summed E-state index contributed by atoms with van der Waals surface area (Å²) in [5, 5.41) is 14.2. The Hall–Kier alpha value is -2.12. The average Bonchev–Trinajstić information content (AvgIpc) is 2.88. The van der Waals surface area contributed by atoms with E-state index in [4.69, 9.17) is 0 Å². The van der Waals surface area contributed by atoms with Gasteiger partial charge in [0.05, 0.1) is 12.0 Å². The van der Waals surface area contributed by atoms with Crippen LogP contribution in [0.1, 0.15) is 26.2 Å². The van der Waals surface area contributed by atoms with Gasteiger partial charge in [-0.05, 0) is 19.8 Å². The molecule has 2 unspecified atom stereocenters. The number of carbonyl (C=O) groups excluding carboxylic acids is 3. The number of urea groups is 1. The molecule has 4 amide bonds. The summed E-state index contributed by atoms with van der Waals surface area (Å²) in [5.74, 6) is -1.93. The fourth-order valence-electron chi connectivity index (χ4n) is 2.65. The smallest absolute Gasteiger partial charge is 0.325 e. The standard InChI is InChI=1S/C12H17N3O5/c1-12(10(18)19)4-2-3-7(12)14-8(16)6-15-9(17)5-13-11(15)20/h7H,2-6H2,1H3,(H,13,20)(H,14,16)(H,18,19). The summed E-state index contributed by atoms with van der Waals surface area (Å²) >= 11 is 0. The summed E-state index contributed by atoms with van der Waals surface area (Å²) in [6.45, 7) is 1.11. The van der Waals surface area contributed by atoms with Crippen LogP contribution >= 0.6 is 0 Å². The van der Waals surface area contributed by atoms with Crippen molar-refractivity contribution in [2.75, 3.05) is 13.1 Å². The molecule has 0 aromatic carbocycles. The predicted molar refractivity (Wildman–Crippen MR) is 66.6 cm³/mol. The maximum Gasteiger partial charge on any atom is 0.325 e. The topological polar surface area (TPSA) is 116 Å². The van der Waals surface area contributed by atoms with E-state index >= 15 is 0 Å². The maximum atomic E-state index is 11.9. The molecule has 0 aromatic heterocycles. The number of hydrogen-bond acceptors (Lipinski definition) is 4. The number of rotatable bonds is 4. The number of carbonyl (C=O) groups is 4. The summed E-state index contributed by atoms with van der Waals surface area (Å²) in [4.78, 5) is 46.7. The quantitative estimate of drug-likeness (QED) is 0.590. The minimum absolute atomic E-state index is 0.109. The van der Waals surface area contributed by atoms with Crippen LogP contribution < -0.4 is 10.6 Å². The van der Waals surface area contributed by atoms with Gasteiger partial charge in [0, 0.05) is 6.04 Å². The number of amides is 4. The molecular formula is C12H17N3O5. The van der Waals surface area contributed by atoms with Crippen molar-refractivity contribution in [3.8, 4) is 0 Å². The number of aliphatic carboxylic acids is 1. The number of carboxylic acid groups (broad SMARTS) is 1. The van der Waals surface area contributed by atoms with E-state index < -0.39 is 35.3 Å². The molecule has 1 aliphatic heterocycles. The molecule has 0 bridgehead atoms. The van der Waals surface area contributed by atoms with Gasteiger partial charge in [0.25, 0.3) is 5.91 Å². The Morgan fingerprint density at radius 2 is 2.20 bits per heavy atom. The minimum atomic E-state index is -0.993. The fourth-order valence-corrected chi connectivity index (χ4v) is 2.65. The Labute approximate surface area is 115 Å². The van der Waals surface area contributed by atoms with Gasteiger partial charge in [-0.3, -0.25) is 19.3 Å². The highest BCUT2D eigenvalue weighted by Crippen LogP contribution is 2.38. The van der Waals surface area contributed by atoms with E-state index in [0.717, 1.165) is 11.3 Å². The highest BCUT2D eigenvalue weighted by molar-refractivity contribution is 6.04. The third kappa shape index (κ3) is 2.45. The lowest BCUT2D eigenvalue weighted by Gasteiger charge is -2.28. The van der Waals surface area contributed by atoms with Crippen molar-refractivity contribution in [1.82, 2.24) is 15.5 Å². The maximum absolute atomic E-state index is 11.9. The van der Waals surface area contributed by atoms with Gasteiger partial charge in [0.1, 0.15) is 6.54 Å². The van der Waals surface area contributed by atoms with Crippen molar-refractivity contribution in [2.24, 2.45) is 5.41 Å². The largest absolute Gasteiger partial charge is 0.481 e. The monoisotopic (exact) mass is 283 g/mol. The fraction of sp³-hybridized carbons (Fsp3) is 0.667. The number of hydrogen-bond donors (Lipinski definition) is 3. The van der Waals surface area contributed by atoms with Crippen LogP contribution in [0.2, 0.25) is 0 Å². The molecule has 1 saturated carbocycles. The highest BCUT2D eigenvalue weighted by atomic mass is 16.4. The van der Waals surface area contributed by atoms with Crippen LogP contribution in [0.5, 0.6) is 0 Å². The zero-order valence-electron chi connectivity index (χ0n) is 11.1. The first-order valence-electron chi connectivity index (χ1n) is 6.45. The Kier molecular flexibility index (Phi) is 3.65. The van der Waals surface area contributed by atoms with Gasteiger partial charge < -0.3 is 15.7 Å². The van der Waals surface area contributed by atoms with E-state index in [9.17, 15) is 24.3 Å². The van der Waals surface area contributed by atoms with Gasteiger partial charge in [-0.15, -0.1) is 0 Å². The summed E-state index contributed by atoms with van der Waals surface area (Å²) < 4.78 is 0. The summed E-state index contributed by atoms with van der Waals surface area (Å²) in [6, 6.07) is -1.08. The van der Waals surface area contributed by atoms with E-state index in [0.29, 0.717) is 12.8 Å². The second-order valence-electron chi connectivity index (χ2n) is 5.37. The highest BCUT2D eigenvalue weighted by Gasteiger charge is 2.46. The van der Waals surface area contributed by atoms with Crippen molar-refractivity contribution in [2.45, 2.75) is 32.2 Å². The Morgan fingerprint density at radius 1 is 1.50 bits per heavy atom. The number of imide groups is 1. The van der Waals surface area contributed by atoms with Crippen molar-refractivity contribution in [3.05, 3.63) is 0 Å². The Bertz CT molecular complexity index is 462. The van der Waals surface area contributed by atoms with Gasteiger partial charge in [0.2, 0.25) is 5.91 Å². The van der Waals surface area contributed by atoms with Crippen LogP contribution in [-0.4, -0.2) is 53.0 Å². The first-order chi connectivity index (χ1) is 9.34. The molecule has 2 aliphatic rings. The first-order valence-corrected chi connectivity index (χ1v) is 6.45. The third-order valence-corrected chi connectivity index (χ3v) is 4.02. The Balaban J connectivity index is 1.96. The van der Waals surface area contributed by atoms with Gasteiger partial charge in [-0.25, -0.2) is 4.79 Å². The number of nitrogens with one attached hydrogen (secondary N) is 2. The number of nitrogens with zero attached hydrogens (tertiary/aromatic N) is 1. The summed E-state index contributed by atoms with van der Waals surface area (Å²) in [6.07, 6.45) is 1.79. The lowest BCUT2D eigenvalue weighted by Crippen LogP contribution is -2.50. The molecule has 1 heterocycles. The van der Waals surface area contributed by atoms with E-state index in [1.165, 1.54) is 0 Å².